The van der Waals surface area contributed by atoms with Crippen LogP contribution in [-0.4, -0.2) is 40.3 Å². The highest BCUT2D eigenvalue weighted by molar-refractivity contribution is 7.89. The predicted octanol–water partition coefficient (Wildman–Crippen LogP) is 0.579. The number of aliphatic hydroxyl groups is 1. The Kier molecular flexibility index (Phi) is 5.33. The van der Waals surface area contributed by atoms with Crippen molar-refractivity contribution in [2.24, 2.45) is 0 Å². The van der Waals surface area contributed by atoms with E-state index in [2.05, 4.69) is 11.3 Å². The SMILES string of the molecule is C=CCN(CCO)c1ccc(S(=O)(=O)NC)cc1. The van der Waals surface area contributed by atoms with Gasteiger partial charge in [-0.1, -0.05) is 6.08 Å². The lowest BCUT2D eigenvalue weighted by atomic mass is 10.3. The van der Waals surface area contributed by atoms with Gasteiger partial charge in [-0.25, -0.2) is 13.1 Å². The van der Waals surface area contributed by atoms with Crippen molar-refractivity contribution in [3.63, 3.8) is 0 Å². The van der Waals surface area contributed by atoms with Crippen LogP contribution in [0, 0.1) is 0 Å². The van der Waals surface area contributed by atoms with Crippen molar-refractivity contribution >= 4 is 15.7 Å². The van der Waals surface area contributed by atoms with E-state index in [9.17, 15) is 8.42 Å². The predicted molar refractivity (Wildman–Crippen MR) is 72.2 cm³/mol. The number of hydrogen-bond acceptors (Lipinski definition) is 4. The maximum Gasteiger partial charge on any atom is 0.240 e. The maximum absolute atomic E-state index is 11.6. The molecule has 1 rings (SSSR count). The van der Waals surface area contributed by atoms with Gasteiger partial charge in [-0.3, -0.25) is 0 Å². The number of rotatable bonds is 7. The molecule has 0 atom stereocenters. The van der Waals surface area contributed by atoms with Crippen LogP contribution in [0.3, 0.4) is 0 Å². The van der Waals surface area contributed by atoms with Crippen LogP contribution < -0.4 is 9.62 Å². The Morgan fingerprint density at radius 3 is 2.44 bits per heavy atom. The summed E-state index contributed by atoms with van der Waals surface area (Å²) in [4.78, 5) is 2.12. The van der Waals surface area contributed by atoms with Gasteiger partial charge in [-0.2, -0.15) is 0 Å². The molecule has 1 aromatic rings. The van der Waals surface area contributed by atoms with Gasteiger partial charge in [0.05, 0.1) is 11.5 Å². The van der Waals surface area contributed by atoms with Gasteiger partial charge in [0, 0.05) is 18.8 Å². The van der Waals surface area contributed by atoms with Gasteiger partial charge < -0.3 is 10.0 Å². The van der Waals surface area contributed by atoms with E-state index < -0.39 is 10.0 Å². The van der Waals surface area contributed by atoms with Crippen molar-refractivity contribution in [1.29, 1.82) is 0 Å². The lowest BCUT2D eigenvalue weighted by molar-refractivity contribution is 0.303. The van der Waals surface area contributed by atoms with Crippen molar-refractivity contribution in [1.82, 2.24) is 4.72 Å². The van der Waals surface area contributed by atoms with E-state index in [1.54, 1.807) is 18.2 Å². The van der Waals surface area contributed by atoms with Crippen molar-refractivity contribution in [3.05, 3.63) is 36.9 Å². The van der Waals surface area contributed by atoms with Crippen molar-refractivity contribution < 1.29 is 13.5 Å². The van der Waals surface area contributed by atoms with Crippen LogP contribution in [0.4, 0.5) is 5.69 Å². The lowest BCUT2D eigenvalue weighted by Gasteiger charge is -2.22. The molecule has 0 fully saturated rings. The molecule has 100 valence electrons. The maximum atomic E-state index is 11.6. The summed E-state index contributed by atoms with van der Waals surface area (Å²) in [6.07, 6.45) is 1.73. The molecule has 0 heterocycles. The molecule has 0 aliphatic carbocycles. The standard InChI is InChI=1S/C12H18N2O3S/c1-3-8-14(9-10-15)11-4-6-12(7-5-11)18(16,17)13-2/h3-7,13,15H,1,8-10H2,2H3. The van der Waals surface area contributed by atoms with Crippen LogP contribution in [0.1, 0.15) is 0 Å². The van der Waals surface area contributed by atoms with Crippen LogP contribution in [-0.2, 0) is 10.0 Å². The number of sulfonamides is 1. The lowest BCUT2D eigenvalue weighted by Crippen LogP contribution is -2.26. The molecule has 0 saturated carbocycles. The molecule has 2 N–H and O–H groups in total. The van der Waals surface area contributed by atoms with Crippen LogP contribution in [0.15, 0.2) is 41.8 Å². The van der Waals surface area contributed by atoms with Crippen molar-refractivity contribution in [2.75, 3.05) is 31.6 Å². The minimum Gasteiger partial charge on any atom is -0.395 e. The molecule has 0 unspecified atom stereocenters. The fourth-order valence-electron chi connectivity index (χ4n) is 1.56. The second-order valence-corrected chi connectivity index (χ2v) is 5.55. The summed E-state index contributed by atoms with van der Waals surface area (Å²) in [5.74, 6) is 0. The molecule has 0 spiro atoms. The zero-order valence-electron chi connectivity index (χ0n) is 10.3. The quantitative estimate of drug-likeness (QED) is 0.711. The zero-order chi connectivity index (χ0) is 13.6. The van der Waals surface area contributed by atoms with Crippen molar-refractivity contribution in [3.8, 4) is 0 Å². The Bertz CT molecular complexity index is 483. The van der Waals surface area contributed by atoms with Crippen LogP contribution in [0.5, 0.6) is 0 Å². The first kappa shape index (κ1) is 14.7. The normalized spacial score (nSPS) is 11.2. The highest BCUT2D eigenvalue weighted by Crippen LogP contribution is 2.17. The number of benzene rings is 1. The minimum absolute atomic E-state index is 0.0321. The van der Waals surface area contributed by atoms with Gasteiger partial charge in [0.25, 0.3) is 0 Å². The first-order valence-corrected chi connectivity index (χ1v) is 7.03. The van der Waals surface area contributed by atoms with E-state index in [0.29, 0.717) is 13.1 Å². The third-order valence-corrected chi connectivity index (χ3v) is 3.93. The smallest absolute Gasteiger partial charge is 0.240 e. The highest BCUT2D eigenvalue weighted by atomic mass is 32.2. The summed E-state index contributed by atoms with van der Waals surface area (Å²) in [5, 5.41) is 8.96. The average molecular weight is 270 g/mol. The number of anilines is 1. The highest BCUT2D eigenvalue weighted by Gasteiger charge is 2.11. The van der Waals surface area contributed by atoms with E-state index in [4.69, 9.17) is 5.11 Å². The minimum atomic E-state index is -3.40. The first-order valence-electron chi connectivity index (χ1n) is 5.55. The summed E-state index contributed by atoms with van der Waals surface area (Å²) in [6.45, 7) is 4.75. The van der Waals surface area contributed by atoms with E-state index in [-0.39, 0.29) is 11.5 Å². The number of hydrogen-bond donors (Lipinski definition) is 2. The summed E-state index contributed by atoms with van der Waals surface area (Å²) < 4.78 is 25.4. The van der Waals surface area contributed by atoms with Crippen molar-refractivity contribution in [2.45, 2.75) is 4.90 Å². The molecule has 0 aliphatic rings. The monoisotopic (exact) mass is 270 g/mol. The molecule has 0 aromatic heterocycles. The van der Waals surface area contributed by atoms with E-state index in [1.807, 2.05) is 4.90 Å². The Labute approximate surface area is 108 Å². The van der Waals surface area contributed by atoms with Crippen LogP contribution in [0.25, 0.3) is 0 Å². The summed E-state index contributed by atoms with van der Waals surface area (Å²) in [5.41, 5.74) is 0.846. The van der Waals surface area contributed by atoms with E-state index in [1.165, 1.54) is 19.2 Å². The number of nitrogens with zero attached hydrogens (tertiary/aromatic N) is 1. The van der Waals surface area contributed by atoms with Crippen LogP contribution >= 0.6 is 0 Å². The van der Waals surface area contributed by atoms with Crippen LogP contribution in [0.2, 0.25) is 0 Å². The van der Waals surface area contributed by atoms with E-state index in [0.717, 1.165) is 5.69 Å². The molecule has 0 amide bonds. The van der Waals surface area contributed by atoms with Gasteiger partial charge in [-0.05, 0) is 31.3 Å². The van der Waals surface area contributed by atoms with Gasteiger partial charge in [0.1, 0.15) is 0 Å². The molecule has 18 heavy (non-hydrogen) atoms. The Morgan fingerprint density at radius 2 is 2.00 bits per heavy atom. The van der Waals surface area contributed by atoms with Gasteiger partial charge in [0.2, 0.25) is 10.0 Å². The second kappa shape index (κ2) is 6.53. The summed E-state index contributed by atoms with van der Waals surface area (Å²) >= 11 is 0. The average Bonchev–Trinajstić information content (AvgIpc) is 2.39. The third-order valence-electron chi connectivity index (χ3n) is 2.50. The Hall–Kier alpha value is -1.37. The number of nitrogens with one attached hydrogen (secondary N) is 1. The molecule has 0 aliphatic heterocycles. The van der Waals surface area contributed by atoms with Gasteiger partial charge in [-0.15, -0.1) is 6.58 Å². The fourth-order valence-corrected chi connectivity index (χ4v) is 2.29. The second-order valence-electron chi connectivity index (χ2n) is 3.66. The van der Waals surface area contributed by atoms with Gasteiger partial charge in [0.15, 0.2) is 0 Å². The molecule has 0 saturated heterocycles. The Morgan fingerprint density at radius 1 is 1.39 bits per heavy atom. The number of aliphatic hydroxyl groups excluding tert-OH is 1. The molecule has 0 radical (unpaired) electrons. The van der Waals surface area contributed by atoms with E-state index >= 15 is 0 Å². The zero-order valence-corrected chi connectivity index (χ0v) is 11.2. The molecule has 6 heteroatoms. The summed E-state index contributed by atoms with van der Waals surface area (Å²) in [6, 6.07) is 6.50. The largest absolute Gasteiger partial charge is 0.395 e. The third kappa shape index (κ3) is 3.56. The molecule has 1 aromatic carbocycles. The Balaban J connectivity index is 2.96. The molecule has 0 bridgehead atoms. The molecular weight excluding hydrogens is 252 g/mol. The molecule has 5 nitrogen and oxygen atoms in total. The first-order chi connectivity index (χ1) is 8.55. The molecular formula is C12H18N2O3S. The topological polar surface area (TPSA) is 69.6 Å². The van der Waals surface area contributed by atoms with Gasteiger partial charge >= 0.3 is 0 Å². The summed E-state index contributed by atoms with van der Waals surface area (Å²) in [7, 11) is -2.03. The fraction of sp³-hybridized carbons (Fsp3) is 0.333.